The number of thioether (sulfide) groups is 1. The number of hydrogen-bond acceptors (Lipinski definition) is 3. The smallest absolute Gasteiger partial charge is 0.177 e. The number of aliphatic imine (C=N–C) groups is 1. The van der Waals surface area contributed by atoms with Crippen molar-refractivity contribution in [2.45, 2.75) is 45.1 Å². The molecular weight excluding hydrogens is 346 g/mol. The summed E-state index contributed by atoms with van der Waals surface area (Å²) in [5.41, 5.74) is 6.94. The minimum atomic E-state index is 0. The highest BCUT2D eigenvalue weighted by Gasteiger charge is 2.22. The Kier molecular flexibility index (Phi) is 5.15. The van der Waals surface area contributed by atoms with Crippen LogP contribution in [0.25, 0.3) is 0 Å². The normalized spacial score (nSPS) is 20.5. The van der Waals surface area contributed by atoms with Crippen LogP contribution in [0.1, 0.15) is 44.7 Å². The molecule has 5 heteroatoms. The van der Waals surface area contributed by atoms with Crippen molar-refractivity contribution < 1.29 is 0 Å². The summed E-state index contributed by atoms with van der Waals surface area (Å²) in [5.74, 6) is 0.896. The number of hydrazone groups is 1. The number of halogens is 1. The molecule has 114 valence electrons. The first kappa shape index (κ1) is 16.6. The average molecular weight is 368 g/mol. The largest absolute Gasteiger partial charge is 0.258 e. The van der Waals surface area contributed by atoms with Crippen LogP contribution in [-0.4, -0.2) is 22.7 Å². The second kappa shape index (κ2) is 6.53. The third-order valence-corrected chi connectivity index (χ3v) is 4.45. The van der Waals surface area contributed by atoms with E-state index in [1.807, 2.05) is 0 Å². The summed E-state index contributed by atoms with van der Waals surface area (Å²) in [4.78, 5) is 4.58. The molecule has 3 nitrogen and oxygen atoms in total. The van der Waals surface area contributed by atoms with Gasteiger partial charge in [0, 0.05) is 5.75 Å². The van der Waals surface area contributed by atoms with Crippen molar-refractivity contribution in [1.82, 2.24) is 5.43 Å². The van der Waals surface area contributed by atoms with Crippen LogP contribution >= 0.6 is 28.7 Å². The first-order valence-electron chi connectivity index (χ1n) is 7.16. The van der Waals surface area contributed by atoms with Crippen molar-refractivity contribution in [2.24, 2.45) is 10.1 Å². The van der Waals surface area contributed by atoms with Crippen LogP contribution in [-0.2, 0) is 5.41 Å². The Morgan fingerprint density at radius 3 is 2.33 bits per heavy atom. The summed E-state index contributed by atoms with van der Waals surface area (Å²) < 4.78 is 0. The van der Waals surface area contributed by atoms with Gasteiger partial charge in [0.05, 0.1) is 11.8 Å². The van der Waals surface area contributed by atoms with Gasteiger partial charge >= 0.3 is 0 Å². The van der Waals surface area contributed by atoms with Gasteiger partial charge in [0.1, 0.15) is 0 Å². The molecule has 1 aromatic rings. The van der Waals surface area contributed by atoms with E-state index in [9.17, 15) is 0 Å². The Balaban J connectivity index is 0.00000161. The van der Waals surface area contributed by atoms with Crippen LogP contribution in [0, 0.1) is 0 Å². The highest BCUT2D eigenvalue weighted by Crippen LogP contribution is 2.26. The standard InChI is InChI=1S/C16H21N3S.BrH/c1-16(2,3)12-6-4-11(5-7-12)14-10-20-15(19-18-14)17-13-8-9-13;/h4-7,13H,8-10H2,1-3H3,(H,17,19);1H. The Morgan fingerprint density at radius 1 is 1.19 bits per heavy atom. The molecule has 0 unspecified atom stereocenters. The maximum atomic E-state index is 4.58. The van der Waals surface area contributed by atoms with E-state index in [-0.39, 0.29) is 22.4 Å². The summed E-state index contributed by atoms with van der Waals surface area (Å²) >= 11 is 1.75. The zero-order valence-electron chi connectivity index (χ0n) is 12.7. The van der Waals surface area contributed by atoms with Crippen LogP contribution in [0.4, 0.5) is 0 Å². The van der Waals surface area contributed by atoms with E-state index >= 15 is 0 Å². The van der Waals surface area contributed by atoms with Crippen molar-refractivity contribution >= 4 is 39.6 Å². The van der Waals surface area contributed by atoms with Crippen molar-refractivity contribution in [1.29, 1.82) is 0 Å². The van der Waals surface area contributed by atoms with E-state index in [0.29, 0.717) is 6.04 Å². The molecule has 0 atom stereocenters. The SMILES string of the molecule is Br.CC(C)(C)c1ccc(C2=NNC(=NC3CC3)SC2)cc1. The number of rotatable bonds is 2. The molecular formula is C16H22BrN3S. The van der Waals surface area contributed by atoms with Crippen molar-refractivity contribution in [3.05, 3.63) is 35.4 Å². The minimum absolute atomic E-state index is 0. The van der Waals surface area contributed by atoms with Crippen molar-refractivity contribution in [2.75, 3.05) is 5.75 Å². The van der Waals surface area contributed by atoms with Crippen molar-refractivity contribution in [3.63, 3.8) is 0 Å². The quantitative estimate of drug-likeness (QED) is 0.853. The first-order chi connectivity index (χ1) is 9.52. The van der Waals surface area contributed by atoms with Crippen LogP contribution in [0.2, 0.25) is 0 Å². The van der Waals surface area contributed by atoms with Crippen molar-refractivity contribution in [3.8, 4) is 0 Å². The van der Waals surface area contributed by atoms with Gasteiger partial charge in [-0.05, 0) is 29.4 Å². The van der Waals surface area contributed by atoms with E-state index in [4.69, 9.17) is 0 Å². The van der Waals surface area contributed by atoms with Gasteiger partial charge in [-0.2, -0.15) is 5.10 Å². The van der Waals surface area contributed by atoms with Gasteiger partial charge < -0.3 is 0 Å². The summed E-state index contributed by atoms with van der Waals surface area (Å²) in [6.45, 7) is 6.70. The molecule has 1 aliphatic carbocycles. The fourth-order valence-corrected chi connectivity index (χ4v) is 2.90. The van der Waals surface area contributed by atoms with Gasteiger partial charge in [-0.3, -0.25) is 10.4 Å². The van der Waals surface area contributed by atoms with Crippen LogP contribution in [0.5, 0.6) is 0 Å². The third-order valence-electron chi connectivity index (χ3n) is 3.56. The van der Waals surface area contributed by atoms with E-state index in [2.05, 4.69) is 60.6 Å². The molecule has 1 aliphatic heterocycles. The molecule has 0 amide bonds. The highest BCUT2D eigenvalue weighted by molar-refractivity contribution is 8.93. The van der Waals surface area contributed by atoms with Gasteiger partial charge in [-0.15, -0.1) is 17.0 Å². The zero-order valence-corrected chi connectivity index (χ0v) is 15.2. The zero-order chi connectivity index (χ0) is 14.2. The number of benzene rings is 1. The van der Waals surface area contributed by atoms with Gasteiger partial charge in [0.2, 0.25) is 0 Å². The number of nitrogens with one attached hydrogen (secondary N) is 1. The fourth-order valence-electron chi connectivity index (χ4n) is 2.06. The molecule has 2 aliphatic rings. The summed E-state index contributed by atoms with van der Waals surface area (Å²) in [6, 6.07) is 9.30. The molecule has 0 radical (unpaired) electrons. The van der Waals surface area contributed by atoms with Gasteiger partial charge in [0.15, 0.2) is 5.17 Å². The van der Waals surface area contributed by atoms with E-state index in [1.54, 1.807) is 11.8 Å². The molecule has 0 bridgehead atoms. The van der Waals surface area contributed by atoms with Crippen LogP contribution in [0.3, 0.4) is 0 Å². The lowest BCUT2D eigenvalue weighted by molar-refractivity contribution is 0.590. The van der Waals surface area contributed by atoms with Gasteiger partial charge in [0.25, 0.3) is 0 Å². The van der Waals surface area contributed by atoms with E-state index in [1.165, 1.54) is 24.0 Å². The molecule has 1 fully saturated rings. The van der Waals surface area contributed by atoms with Crippen LogP contribution < -0.4 is 5.43 Å². The molecule has 21 heavy (non-hydrogen) atoms. The van der Waals surface area contributed by atoms with E-state index in [0.717, 1.165) is 16.6 Å². The fraction of sp³-hybridized carbons (Fsp3) is 0.500. The Hall–Kier alpha value is -0.810. The van der Waals surface area contributed by atoms with Crippen LogP contribution in [0.15, 0.2) is 34.4 Å². The predicted molar refractivity (Wildman–Crippen MR) is 98.1 cm³/mol. The maximum Gasteiger partial charge on any atom is 0.177 e. The van der Waals surface area contributed by atoms with E-state index < -0.39 is 0 Å². The first-order valence-corrected chi connectivity index (χ1v) is 8.15. The average Bonchev–Trinajstić information content (AvgIpc) is 3.23. The second-order valence-electron chi connectivity index (χ2n) is 6.45. The lowest BCUT2D eigenvalue weighted by Gasteiger charge is -2.20. The molecule has 0 saturated heterocycles. The van der Waals surface area contributed by atoms with Gasteiger partial charge in [-0.1, -0.05) is 56.8 Å². The number of amidine groups is 1. The predicted octanol–water partition coefficient (Wildman–Crippen LogP) is 4.12. The third kappa shape index (κ3) is 4.33. The molecule has 0 aromatic heterocycles. The Bertz CT molecular complexity index is 554. The molecule has 1 saturated carbocycles. The molecule has 1 N–H and O–H groups in total. The van der Waals surface area contributed by atoms with Gasteiger partial charge in [-0.25, -0.2) is 0 Å². The lowest BCUT2D eigenvalue weighted by atomic mass is 9.86. The molecule has 0 spiro atoms. The summed E-state index contributed by atoms with van der Waals surface area (Å²) in [5, 5.41) is 5.44. The highest BCUT2D eigenvalue weighted by atomic mass is 79.9. The maximum absolute atomic E-state index is 4.58. The molecule has 1 aromatic carbocycles. The monoisotopic (exact) mass is 367 g/mol. The molecule has 3 rings (SSSR count). The number of hydrogen-bond donors (Lipinski definition) is 1. The Morgan fingerprint density at radius 2 is 1.86 bits per heavy atom. The Labute approximate surface area is 141 Å². The minimum Gasteiger partial charge on any atom is -0.258 e. The summed E-state index contributed by atoms with van der Waals surface area (Å²) in [6.07, 6.45) is 2.47. The summed E-state index contributed by atoms with van der Waals surface area (Å²) in [7, 11) is 0. The topological polar surface area (TPSA) is 36.8 Å². The second-order valence-corrected chi connectivity index (χ2v) is 7.42. The lowest BCUT2D eigenvalue weighted by Crippen LogP contribution is -2.25. The number of nitrogens with zero attached hydrogens (tertiary/aromatic N) is 2. The molecule has 1 heterocycles.